The van der Waals surface area contributed by atoms with Crippen LogP contribution >= 0.6 is 11.6 Å². The van der Waals surface area contributed by atoms with Crippen LogP contribution in [-0.2, 0) is 4.79 Å². The van der Waals surface area contributed by atoms with Crippen LogP contribution < -0.4 is 4.90 Å². The molecule has 0 bridgehead atoms. The lowest BCUT2D eigenvalue weighted by Gasteiger charge is -2.32. The number of amides is 3. The van der Waals surface area contributed by atoms with Crippen molar-refractivity contribution in [3.8, 4) is 0 Å². The Labute approximate surface area is 150 Å². The largest absolute Gasteiger partial charge is 0.397 e. The van der Waals surface area contributed by atoms with E-state index in [9.17, 15) is 9.59 Å². The number of benzene rings is 1. The van der Waals surface area contributed by atoms with Crippen molar-refractivity contribution >= 4 is 41.0 Å². The van der Waals surface area contributed by atoms with Crippen molar-refractivity contribution in [3.05, 3.63) is 28.8 Å². The first-order chi connectivity index (χ1) is 11.9. The van der Waals surface area contributed by atoms with Crippen molar-refractivity contribution < 1.29 is 14.2 Å². The second-order valence-corrected chi connectivity index (χ2v) is 6.95. The van der Waals surface area contributed by atoms with Gasteiger partial charge in [-0.05, 0) is 24.6 Å². The van der Waals surface area contributed by atoms with Gasteiger partial charge in [0, 0.05) is 25.5 Å². The summed E-state index contributed by atoms with van der Waals surface area (Å²) in [7, 11) is 3.17. The lowest BCUT2D eigenvalue weighted by Crippen LogP contribution is -2.62. The van der Waals surface area contributed by atoms with Crippen molar-refractivity contribution in [1.29, 1.82) is 0 Å². The maximum absolute atomic E-state index is 12.7. The molecule has 1 unspecified atom stereocenters. The third kappa shape index (κ3) is 2.26. The Balaban J connectivity index is 1.80. The number of anilines is 1. The minimum Gasteiger partial charge on any atom is -0.270 e. The Kier molecular flexibility index (Phi) is 3.57. The van der Waals surface area contributed by atoms with E-state index in [2.05, 4.69) is 9.89 Å². The molecule has 7 nitrogen and oxygen atoms in total. The van der Waals surface area contributed by atoms with Gasteiger partial charge in [0.25, 0.3) is 5.91 Å². The number of hydrogen-bond donors (Lipinski definition) is 0. The molecule has 0 aliphatic carbocycles. The fraction of sp³-hybridized carbons (Fsp3) is 0.412. The fourth-order valence-electron chi connectivity index (χ4n) is 3.52. The number of aliphatic imine (C=N–C) groups is 1. The molecule has 1 fully saturated rings. The van der Waals surface area contributed by atoms with Crippen LogP contribution in [0, 0.1) is 6.92 Å². The van der Waals surface area contributed by atoms with Crippen LogP contribution in [0.3, 0.4) is 0 Å². The Bertz CT molecular complexity index is 863. The number of carbonyl (C=O) groups excluding carboxylic acids is 2. The summed E-state index contributed by atoms with van der Waals surface area (Å²) < 4.78 is 1.98. The molecule has 0 spiro atoms. The van der Waals surface area contributed by atoms with Gasteiger partial charge in [-0.2, -0.15) is 0 Å². The fourth-order valence-corrected chi connectivity index (χ4v) is 3.70. The number of hydrogen-bond acceptors (Lipinski definition) is 4. The Hall–Kier alpha value is -2.41. The summed E-state index contributed by atoms with van der Waals surface area (Å²) in [5, 5.41) is 0.696. The van der Waals surface area contributed by atoms with Gasteiger partial charge in [0.05, 0.1) is 13.1 Å². The number of guanidine groups is 1. The molecule has 0 saturated carbocycles. The maximum Gasteiger partial charge on any atom is 0.397 e. The summed E-state index contributed by atoms with van der Waals surface area (Å²) in [6, 6.07) is 5.00. The molecule has 0 aromatic heterocycles. The monoisotopic (exact) mass is 360 g/mol. The molecule has 1 saturated heterocycles. The predicted molar refractivity (Wildman–Crippen MR) is 95.4 cm³/mol. The summed E-state index contributed by atoms with van der Waals surface area (Å²) in [6.45, 7) is 3.47. The molecule has 25 heavy (non-hydrogen) atoms. The number of fused-ring (bicyclic) bond motifs is 2. The van der Waals surface area contributed by atoms with E-state index in [1.807, 2.05) is 29.7 Å². The zero-order valence-electron chi connectivity index (χ0n) is 14.4. The van der Waals surface area contributed by atoms with Crippen LogP contribution in [0.25, 0.3) is 0 Å². The highest BCUT2D eigenvalue weighted by Gasteiger charge is 2.53. The van der Waals surface area contributed by atoms with Gasteiger partial charge in [-0.25, -0.2) is 14.3 Å². The summed E-state index contributed by atoms with van der Waals surface area (Å²) >= 11 is 6.28. The van der Waals surface area contributed by atoms with E-state index in [4.69, 9.17) is 11.6 Å². The Morgan fingerprint density at radius 3 is 2.72 bits per heavy atom. The molecule has 1 aromatic carbocycles. The molecule has 1 aromatic rings. The molecule has 8 heteroatoms. The highest BCUT2D eigenvalue weighted by Crippen LogP contribution is 2.28. The number of imide groups is 1. The van der Waals surface area contributed by atoms with Gasteiger partial charge in [0.1, 0.15) is 5.69 Å². The minimum absolute atomic E-state index is 0.236. The molecule has 0 N–H and O–H groups in total. The third-order valence-corrected chi connectivity index (χ3v) is 5.41. The molecular formula is C17H19ClN5O2+. The van der Waals surface area contributed by atoms with Crippen molar-refractivity contribution in [2.45, 2.75) is 19.4 Å². The van der Waals surface area contributed by atoms with Crippen molar-refractivity contribution in [1.82, 2.24) is 9.80 Å². The van der Waals surface area contributed by atoms with Gasteiger partial charge in [0.15, 0.2) is 0 Å². The van der Waals surface area contributed by atoms with Crippen molar-refractivity contribution in [3.63, 3.8) is 0 Å². The lowest BCUT2D eigenvalue weighted by molar-refractivity contribution is -0.539. The van der Waals surface area contributed by atoms with Crippen LogP contribution in [0.2, 0.25) is 5.02 Å². The van der Waals surface area contributed by atoms with Crippen LogP contribution in [-0.4, -0.2) is 71.3 Å². The van der Waals surface area contributed by atoms with E-state index in [1.54, 1.807) is 7.05 Å². The standard InChI is InChI=1S/C17H19ClN5O2/c1-10-5-6-11(9-12(10)18)22-7-4-8-23-13-14(19-16(22)23)20(2)17(25)21(3)15(13)24/h5-6,9,13H,4,7-8H2,1-3H3/q+1. The number of likely N-dealkylation sites (N-methyl/N-ethyl adjacent to an activating group) is 2. The number of aryl methyl sites for hydroxylation is 1. The van der Waals surface area contributed by atoms with E-state index >= 15 is 0 Å². The SMILES string of the molecule is Cc1ccc(N2CCC[N+]3=C2N=C2C3C(=O)N(C)C(=O)N2C)cc1Cl. The van der Waals surface area contributed by atoms with Crippen molar-refractivity contribution in [2.75, 3.05) is 32.1 Å². The summed E-state index contributed by atoms with van der Waals surface area (Å²) in [5.41, 5.74) is 1.95. The molecule has 4 rings (SSSR count). The van der Waals surface area contributed by atoms with E-state index in [-0.39, 0.29) is 11.9 Å². The number of rotatable bonds is 1. The first-order valence-electron chi connectivity index (χ1n) is 8.21. The van der Waals surface area contributed by atoms with Crippen LogP contribution in [0.5, 0.6) is 0 Å². The van der Waals surface area contributed by atoms with E-state index in [0.29, 0.717) is 16.8 Å². The van der Waals surface area contributed by atoms with Crippen LogP contribution in [0.4, 0.5) is 10.5 Å². The average molecular weight is 361 g/mol. The van der Waals surface area contributed by atoms with Gasteiger partial charge in [0.2, 0.25) is 11.9 Å². The zero-order chi connectivity index (χ0) is 17.9. The highest BCUT2D eigenvalue weighted by atomic mass is 35.5. The Morgan fingerprint density at radius 2 is 2.00 bits per heavy atom. The second-order valence-electron chi connectivity index (χ2n) is 6.54. The maximum atomic E-state index is 12.7. The minimum atomic E-state index is -0.536. The molecule has 3 amide bonds. The quantitative estimate of drug-likeness (QED) is 0.714. The highest BCUT2D eigenvalue weighted by molar-refractivity contribution is 6.31. The van der Waals surface area contributed by atoms with Gasteiger partial charge in [-0.15, -0.1) is 0 Å². The number of carbonyl (C=O) groups is 2. The zero-order valence-corrected chi connectivity index (χ0v) is 15.1. The van der Waals surface area contributed by atoms with Crippen molar-refractivity contribution in [2.24, 2.45) is 4.99 Å². The first-order valence-corrected chi connectivity index (χ1v) is 8.59. The average Bonchev–Trinajstić information content (AvgIpc) is 3.00. The second kappa shape index (κ2) is 5.56. The molecule has 3 heterocycles. The van der Waals surface area contributed by atoms with Gasteiger partial charge in [-0.3, -0.25) is 14.6 Å². The number of urea groups is 1. The summed E-state index contributed by atoms with van der Waals surface area (Å²) in [6.07, 6.45) is 0.892. The van der Waals surface area contributed by atoms with E-state index in [0.717, 1.165) is 35.7 Å². The summed E-state index contributed by atoms with van der Waals surface area (Å²) in [4.78, 5) is 34.2. The van der Waals surface area contributed by atoms with Crippen LogP contribution in [0.1, 0.15) is 12.0 Å². The molecule has 3 aliphatic heterocycles. The number of nitrogens with zero attached hydrogens (tertiary/aromatic N) is 5. The number of halogens is 1. The third-order valence-electron chi connectivity index (χ3n) is 5.00. The van der Waals surface area contributed by atoms with Gasteiger partial charge in [-0.1, -0.05) is 22.7 Å². The number of amidine groups is 1. The van der Waals surface area contributed by atoms with Gasteiger partial charge < -0.3 is 0 Å². The lowest BCUT2D eigenvalue weighted by atomic mass is 10.1. The molecule has 1 atom stereocenters. The first kappa shape index (κ1) is 16.1. The molecule has 130 valence electrons. The van der Waals surface area contributed by atoms with Gasteiger partial charge >= 0.3 is 12.0 Å². The van der Waals surface area contributed by atoms with E-state index in [1.165, 1.54) is 11.9 Å². The molecule has 3 aliphatic rings. The topological polar surface area (TPSA) is 59.2 Å². The summed E-state index contributed by atoms with van der Waals surface area (Å²) in [5.74, 6) is 0.961. The smallest absolute Gasteiger partial charge is 0.270 e. The molecular weight excluding hydrogens is 342 g/mol. The van der Waals surface area contributed by atoms with E-state index < -0.39 is 6.04 Å². The Morgan fingerprint density at radius 1 is 1.24 bits per heavy atom. The normalized spacial score (nSPS) is 23.1. The van der Waals surface area contributed by atoms with Crippen LogP contribution in [0.15, 0.2) is 23.2 Å². The predicted octanol–water partition coefficient (Wildman–Crippen LogP) is 1.53. The molecule has 0 radical (unpaired) electrons.